The van der Waals surface area contributed by atoms with Gasteiger partial charge in [-0.15, -0.1) is 0 Å². The predicted octanol–water partition coefficient (Wildman–Crippen LogP) is 3.70. The van der Waals surface area contributed by atoms with Crippen LogP contribution < -0.4 is 11.1 Å². The Morgan fingerprint density at radius 2 is 2.00 bits per heavy atom. The van der Waals surface area contributed by atoms with E-state index in [1.807, 2.05) is 0 Å². The van der Waals surface area contributed by atoms with Gasteiger partial charge < -0.3 is 11.1 Å². The van der Waals surface area contributed by atoms with E-state index in [0.29, 0.717) is 0 Å². The lowest BCUT2D eigenvalue weighted by atomic mass is 10.1. The number of nitrogen functional groups attached to an aromatic ring is 1. The number of aromatic nitrogens is 1. The standard InChI is InChI=1S/C13H9BrF3N3O/c14-9-4-3-7(13(15,16)17)6-8(9)12(21)20-11-10(18)2-1-5-19-11/h1-6H,18H2,(H,19,20,21). The van der Waals surface area contributed by atoms with E-state index in [0.717, 1.165) is 12.1 Å². The van der Waals surface area contributed by atoms with Crippen molar-refractivity contribution in [2.24, 2.45) is 0 Å². The largest absolute Gasteiger partial charge is 0.416 e. The van der Waals surface area contributed by atoms with Crippen molar-refractivity contribution in [1.82, 2.24) is 4.98 Å². The first-order chi connectivity index (χ1) is 9.79. The lowest BCUT2D eigenvalue weighted by Gasteiger charge is -2.11. The number of carbonyl (C=O) groups excluding carboxylic acids is 1. The fraction of sp³-hybridized carbons (Fsp3) is 0.0769. The van der Waals surface area contributed by atoms with Crippen molar-refractivity contribution in [3.05, 3.63) is 52.1 Å². The molecule has 0 aliphatic rings. The van der Waals surface area contributed by atoms with E-state index >= 15 is 0 Å². The lowest BCUT2D eigenvalue weighted by Crippen LogP contribution is -2.16. The summed E-state index contributed by atoms with van der Waals surface area (Å²) in [6.07, 6.45) is -3.12. The monoisotopic (exact) mass is 359 g/mol. The third-order valence-electron chi connectivity index (χ3n) is 2.61. The highest BCUT2D eigenvalue weighted by atomic mass is 79.9. The summed E-state index contributed by atoms with van der Waals surface area (Å²) in [5.41, 5.74) is 4.76. The van der Waals surface area contributed by atoms with E-state index in [1.54, 1.807) is 6.07 Å². The van der Waals surface area contributed by atoms with Crippen LogP contribution in [0.1, 0.15) is 15.9 Å². The highest BCUT2D eigenvalue weighted by molar-refractivity contribution is 9.10. The number of hydrogen-bond acceptors (Lipinski definition) is 3. The van der Waals surface area contributed by atoms with Gasteiger partial charge in [-0.25, -0.2) is 4.98 Å². The number of carbonyl (C=O) groups is 1. The minimum absolute atomic E-state index is 0.0896. The highest BCUT2D eigenvalue weighted by Crippen LogP contribution is 2.32. The Morgan fingerprint density at radius 1 is 1.29 bits per heavy atom. The molecule has 0 fully saturated rings. The Morgan fingerprint density at radius 3 is 2.62 bits per heavy atom. The fourth-order valence-corrected chi connectivity index (χ4v) is 2.00. The average molecular weight is 360 g/mol. The zero-order valence-electron chi connectivity index (χ0n) is 10.4. The quantitative estimate of drug-likeness (QED) is 0.858. The molecule has 0 aliphatic heterocycles. The number of anilines is 2. The molecule has 0 unspecified atom stereocenters. The van der Waals surface area contributed by atoms with E-state index in [4.69, 9.17) is 5.73 Å². The lowest BCUT2D eigenvalue weighted by molar-refractivity contribution is -0.137. The maximum atomic E-state index is 12.7. The second-order valence-corrected chi connectivity index (χ2v) is 4.94. The van der Waals surface area contributed by atoms with Crippen molar-refractivity contribution in [2.75, 3.05) is 11.1 Å². The first-order valence-corrected chi connectivity index (χ1v) is 6.47. The van der Waals surface area contributed by atoms with Crippen LogP contribution in [0, 0.1) is 0 Å². The SMILES string of the molecule is Nc1cccnc1NC(=O)c1cc(C(F)(F)F)ccc1Br. The molecule has 8 heteroatoms. The molecule has 1 amide bonds. The molecule has 0 radical (unpaired) electrons. The maximum absolute atomic E-state index is 12.7. The van der Waals surface area contributed by atoms with Gasteiger partial charge in [0.2, 0.25) is 0 Å². The number of nitrogens with one attached hydrogen (secondary N) is 1. The maximum Gasteiger partial charge on any atom is 0.416 e. The van der Waals surface area contributed by atoms with Crippen LogP contribution in [0.2, 0.25) is 0 Å². The Kier molecular flexibility index (Phi) is 4.17. The summed E-state index contributed by atoms with van der Waals surface area (Å²) in [6.45, 7) is 0. The molecule has 0 bridgehead atoms. The van der Waals surface area contributed by atoms with Gasteiger partial charge in [0.15, 0.2) is 5.82 Å². The zero-order chi connectivity index (χ0) is 15.6. The van der Waals surface area contributed by atoms with Gasteiger partial charge in [-0.3, -0.25) is 4.79 Å². The molecule has 110 valence electrons. The fourth-order valence-electron chi connectivity index (χ4n) is 1.57. The van der Waals surface area contributed by atoms with Gasteiger partial charge in [0.05, 0.1) is 16.8 Å². The zero-order valence-corrected chi connectivity index (χ0v) is 12.0. The number of nitrogens with zero attached hydrogens (tertiary/aromatic N) is 1. The van der Waals surface area contributed by atoms with Gasteiger partial charge in [-0.2, -0.15) is 13.2 Å². The van der Waals surface area contributed by atoms with E-state index in [2.05, 4.69) is 26.2 Å². The number of alkyl halides is 3. The summed E-state index contributed by atoms with van der Waals surface area (Å²) in [4.78, 5) is 15.9. The van der Waals surface area contributed by atoms with Crippen LogP contribution in [0.5, 0.6) is 0 Å². The topological polar surface area (TPSA) is 68.0 Å². The number of hydrogen-bond donors (Lipinski definition) is 2. The third-order valence-corrected chi connectivity index (χ3v) is 3.30. The van der Waals surface area contributed by atoms with Crippen molar-refractivity contribution >= 4 is 33.3 Å². The summed E-state index contributed by atoms with van der Waals surface area (Å²) in [5.74, 6) is -0.648. The first-order valence-electron chi connectivity index (χ1n) is 5.67. The van der Waals surface area contributed by atoms with Crippen LogP contribution >= 0.6 is 15.9 Å². The molecule has 0 aliphatic carbocycles. The highest BCUT2D eigenvalue weighted by Gasteiger charge is 2.31. The molecule has 1 aromatic heterocycles. The first kappa shape index (κ1) is 15.3. The summed E-state index contributed by atoms with van der Waals surface area (Å²) in [7, 11) is 0. The van der Waals surface area contributed by atoms with Gasteiger partial charge in [-0.1, -0.05) is 0 Å². The number of pyridine rings is 1. The molecule has 3 N–H and O–H groups in total. The average Bonchev–Trinajstić information content (AvgIpc) is 2.40. The van der Waals surface area contributed by atoms with Crippen molar-refractivity contribution in [1.29, 1.82) is 0 Å². The minimum atomic E-state index is -4.53. The second kappa shape index (κ2) is 5.72. The molecule has 0 spiro atoms. The van der Waals surface area contributed by atoms with Gasteiger partial charge in [0.1, 0.15) is 0 Å². The van der Waals surface area contributed by atoms with Crippen LogP contribution in [0.15, 0.2) is 41.0 Å². The number of benzene rings is 1. The predicted molar refractivity (Wildman–Crippen MR) is 75.7 cm³/mol. The van der Waals surface area contributed by atoms with Crippen molar-refractivity contribution in [3.8, 4) is 0 Å². The van der Waals surface area contributed by atoms with Crippen LogP contribution in [0.3, 0.4) is 0 Å². The Bertz CT molecular complexity index is 689. The molecule has 21 heavy (non-hydrogen) atoms. The van der Waals surface area contributed by atoms with Crippen LogP contribution in [-0.4, -0.2) is 10.9 Å². The Labute approximate surface area is 126 Å². The Hall–Kier alpha value is -2.09. The summed E-state index contributed by atoms with van der Waals surface area (Å²) in [6, 6.07) is 5.91. The van der Waals surface area contributed by atoms with Gasteiger partial charge in [0, 0.05) is 10.7 Å². The minimum Gasteiger partial charge on any atom is -0.396 e. The number of amides is 1. The van der Waals surface area contributed by atoms with Gasteiger partial charge in [-0.05, 0) is 46.3 Å². The van der Waals surface area contributed by atoms with Crippen molar-refractivity contribution < 1.29 is 18.0 Å². The molecule has 4 nitrogen and oxygen atoms in total. The molecule has 0 atom stereocenters. The molecule has 2 rings (SSSR count). The summed E-state index contributed by atoms with van der Waals surface area (Å²) < 4.78 is 38.3. The van der Waals surface area contributed by atoms with Crippen molar-refractivity contribution in [3.63, 3.8) is 0 Å². The van der Waals surface area contributed by atoms with Gasteiger partial charge >= 0.3 is 6.18 Å². The van der Waals surface area contributed by atoms with Crippen LogP contribution in [0.4, 0.5) is 24.7 Å². The van der Waals surface area contributed by atoms with E-state index in [1.165, 1.54) is 18.3 Å². The Balaban J connectivity index is 2.33. The smallest absolute Gasteiger partial charge is 0.396 e. The van der Waals surface area contributed by atoms with E-state index in [9.17, 15) is 18.0 Å². The second-order valence-electron chi connectivity index (χ2n) is 4.09. The number of halogens is 4. The van der Waals surface area contributed by atoms with Crippen LogP contribution in [0.25, 0.3) is 0 Å². The number of nitrogens with two attached hydrogens (primary N) is 1. The summed E-state index contributed by atoms with van der Waals surface area (Å²) in [5, 5.41) is 2.37. The van der Waals surface area contributed by atoms with Crippen molar-refractivity contribution in [2.45, 2.75) is 6.18 Å². The molecule has 1 aromatic carbocycles. The molecule has 2 aromatic rings. The molecule has 1 heterocycles. The summed E-state index contributed by atoms with van der Waals surface area (Å²) >= 11 is 3.05. The molecule has 0 saturated carbocycles. The number of rotatable bonds is 2. The normalized spacial score (nSPS) is 11.2. The van der Waals surface area contributed by atoms with Crippen LogP contribution in [-0.2, 0) is 6.18 Å². The molecular weight excluding hydrogens is 351 g/mol. The van der Waals surface area contributed by atoms with E-state index < -0.39 is 17.6 Å². The third kappa shape index (κ3) is 3.52. The molecule has 0 saturated heterocycles. The van der Waals surface area contributed by atoms with E-state index in [-0.39, 0.29) is 21.5 Å². The molecular formula is C13H9BrF3N3O. The van der Waals surface area contributed by atoms with Gasteiger partial charge in [0.25, 0.3) is 5.91 Å².